The fourth-order valence-electron chi connectivity index (χ4n) is 3.46. The maximum atomic E-state index is 12.7. The summed E-state index contributed by atoms with van der Waals surface area (Å²) in [7, 11) is -2.15. The number of hydrogen-bond donors (Lipinski definition) is 1. The van der Waals surface area contributed by atoms with Crippen LogP contribution in [0.5, 0.6) is 0 Å². The van der Waals surface area contributed by atoms with Crippen LogP contribution in [0.2, 0.25) is 0 Å². The Labute approximate surface area is 193 Å². The first-order chi connectivity index (χ1) is 15.4. The van der Waals surface area contributed by atoms with Crippen LogP contribution in [0.15, 0.2) is 51.4 Å². The molecule has 0 radical (unpaired) electrons. The number of thiazole rings is 1. The lowest BCUT2D eigenvalue weighted by Crippen LogP contribution is -2.41. The summed E-state index contributed by atoms with van der Waals surface area (Å²) in [5, 5.41) is 6.90. The minimum atomic E-state index is -3.48. The zero-order chi connectivity index (χ0) is 22.7. The van der Waals surface area contributed by atoms with Gasteiger partial charge in [0.2, 0.25) is 5.91 Å². The highest BCUT2D eigenvalue weighted by Crippen LogP contribution is 2.29. The highest BCUT2D eigenvalue weighted by Gasteiger charge is 2.32. The van der Waals surface area contributed by atoms with Crippen molar-refractivity contribution in [3.8, 4) is 11.3 Å². The molecule has 1 saturated heterocycles. The topological polar surface area (TPSA) is 106 Å². The molecule has 0 saturated carbocycles. The summed E-state index contributed by atoms with van der Waals surface area (Å²) in [5.74, 6) is -0.825. The molecule has 11 heteroatoms. The number of nitrogens with one attached hydrogen (secondary N) is 1. The largest absolute Gasteiger partial charge is 0.465 e. The molecule has 3 aromatic rings. The molecule has 32 heavy (non-hydrogen) atoms. The van der Waals surface area contributed by atoms with Gasteiger partial charge in [0.15, 0.2) is 5.13 Å². The number of sulfonamides is 1. The van der Waals surface area contributed by atoms with Gasteiger partial charge in [-0.25, -0.2) is 18.2 Å². The molecule has 1 aromatic carbocycles. The number of esters is 1. The second-order valence-electron chi connectivity index (χ2n) is 7.21. The number of methoxy groups -OCH3 is 1. The van der Waals surface area contributed by atoms with Crippen LogP contribution in [-0.2, 0) is 19.6 Å². The van der Waals surface area contributed by atoms with E-state index in [1.165, 1.54) is 34.1 Å². The molecule has 0 bridgehead atoms. The number of hydrogen-bond acceptors (Lipinski definition) is 8. The number of benzene rings is 1. The minimum absolute atomic E-state index is 0.153. The van der Waals surface area contributed by atoms with E-state index < -0.39 is 16.0 Å². The Balaban J connectivity index is 1.34. The Morgan fingerprint density at radius 3 is 2.47 bits per heavy atom. The van der Waals surface area contributed by atoms with E-state index in [1.54, 1.807) is 41.8 Å². The molecular formula is C21H21N3O5S3. The maximum Gasteiger partial charge on any atom is 0.337 e. The van der Waals surface area contributed by atoms with Crippen molar-refractivity contribution in [1.29, 1.82) is 0 Å². The number of thiophene rings is 1. The van der Waals surface area contributed by atoms with Crippen molar-refractivity contribution in [3.05, 3.63) is 52.7 Å². The molecule has 4 rings (SSSR count). The summed E-state index contributed by atoms with van der Waals surface area (Å²) < 4.78 is 31.7. The number of nitrogens with zero attached hydrogens (tertiary/aromatic N) is 2. The van der Waals surface area contributed by atoms with E-state index in [4.69, 9.17) is 4.74 Å². The molecule has 1 aliphatic heterocycles. The molecule has 1 amide bonds. The number of amides is 1. The summed E-state index contributed by atoms with van der Waals surface area (Å²) in [6, 6.07) is 10.2. The van der Waals surface area contributed by atoms with Crippen LogP contribution in [0.3, 0.4) is 0 Å². The van der Waals surface area contributed by atoms with Gasteiger partial charge in [0, 0.05) is 30.0 Å². The Morgan fingerprint density at radius 2 is 1.84 bits per heavy atom. The average molecular weight is 492 g/mol. The Kier molecular flexibility index (Phi) is 6.70. The molecule has 0 unspecified atom stereocenters. The van der Waals surface area contributed by atoms with E-state index >= 15 is 0 Å². The van der Waals surface area contributed by atoms with E-state index in [0.29, 0.717) is 46.5 Å². The van der Waals surface area contributed by atoms with Gasteiger partial charge in [0.05, 0.1) is 18.4 Å². The van der Waals surface area contributed by atoms with Gasteiger partial charge in [-0.1, -0.05) is 18.2 Å². The van der Waals surface area contributed by atoms with E-state index in [1.807, 2.05) is 5.38 Å². The van der Waals surface area contributed by atoms with Crippen molar-refractivity contribution in [2.45, 2.75) is 17.1 Å². The van der Waals surface area contributed by atoms with Crippen LogP contribution in [0, 0.1) is 5.92 Å². The van der Waals surface area contributed by atoms with Crippen LogP contribution in [-0.4, -0.2) is 49.8 Å². The fourth-order valence-corrected chi connectivity index (χ4v) is 6.80. The summed E-state index contributed by atoms with van der Waals surface area (Å²) in [6.45, 7) is 0.627. The number of anilines is 1. The zero-order valence-electron chi connectivity index (χ0n) is 17.2. The van der Waals surface area contributed by atoms with E-state index in [9.17, 15) is 18.0 Å². The predicted molar refractivity (Wildman–Crippen MR) is 123 cm³/mol. The van der Waals surface area contributed by atoms with Crippen LogP contribution < -0.4 is 5.32 Å². The van der Waals surface area contributed by atoms with Crippen molar-refractivity contribution in [1.82, 2.24) is 9.29 Å². The number of carbonyl (C=O) groups is 2. The summed E-state index contributed by atoms with van der Waals surface area (Å²) in [5.41, 5.74) is 1.97. The quantitative estimate of drug-likeness (QED) is 0.527. The summed E-state index contributed by atoms with van der Waals surface area (Å²) >= 11 is 2.51. The molecule has 168 valence electrons. The zero-order valence-corrected chi connectivity index (χ0v) is 19.6. The number of aromatic nitrogens is 1. The van der Waals surface area contributed by atoms with Gasteiger partial charge < -0.3 is 10.1 Å². The van der Waals surface area contributed by atoms with Crippen LogP contribution in [0.4, 0.5) is 5.13 Å². The Hall–Kier alpha value is -2.60. The third-order valence-corrected chi connectivity index (χ3v) is 9.28. The van der Waals surface area contributed by atoms with Gasteiger partial charge in [0.1, 0.15) is 4.21 Å². The first-order valence-electron chi connectivity index (χ1n) is 9.87. The fraction of sp³-hybridized carbons (Fsp3) is 0.286. The van der Waals surface area contributed by atoms with E-state index in [-0.39, 0.29) is 11.8 Å². The average Bonchev–Trinajstić information content (AvgIpc) is 3.52. The van der Waals surface area contributed by atoms with Crippen molar-refractivity contribution in [2.24, 2.45) is 5.92 Å². The minimum Gasteiger partial charge on any atom is -0.465 e. The van der Waals surface area contributed by atoms with Crippen LogP contribution >= 0.6 is 22.7 Å². The molecule has 0 aliphatic carbocycles. The monoisotopic (exact) mass is 491 g/mol. The second kappa shape index (κ2) is 9.49. The number of ether oxygens (including phenoxy) is 1. The standard InChI is InChI=1S/C21H21N3O5S3/c1-29-20(26)16-6-4-14(5-7-16)17-13-31-21(22-17)23-19(25)15-8-10-24(11-9-15)32(27,28)18-3-2-12-30-18/h2-7,12-13,15H,8-11H2,1H3,(H,22,23,25). The Morgan fingerprint density at radius 1 is 1.12 bits per heavy atom. The molecule has 0 spiro atoms. The molecule has 8 nitrogen and oxygen atoms in total. The Bertz CT molecular complexity index is 1200. The number of carbonyl (C=O) groups excluding carboxylic acids is 2. The van der Waals surface area contributed by atoms with Crippen molar-refractivity contribution in [3.63, 3.8) is 0 Å². The summed E-state index contributed by atoms with van der Waals surface area (Å²) in [4.78, 5) is 28.7. The number of rotatable bonds is 6. The van der Waals surface area contributed by atoms with Gasteiger partial charge in [0.25, 0.3) is 10.0 Å². The van der Waals surface area contributed by atoms with Crippen molar-refractivity contribution < 1.29 is 22.7 Å². The molecule has 1 N–H and O–H groups in total. The lowest BCUT2D eigenvalue weighted by atomic mass is 9.97. The van der Waals surface area contributed by atoms with Crippen LogP contribution in [0.25, 0.3) is 11.3 Å². The first-order valence-corrected chi connectivity index (χ1v) is 13.1. The lowest BCUT2D eigenvalue weighted by molar-refractivity contribution is -0.120. The van der Waals surface area contributed by atoms with Crippen molar-refractivity contribution in [2.75, 3.05) is 25.5 Å². The summed E-state index contributed by atoms with van der Waals surface area (Å²) in [6.07, 6.45) is 0.924. The third kappa shape index (κ3) is 4.75. The normalized spacial score (nSPS) is 15.4. The molecule has 1 fully saturated rings. The van der Waals surface area contributed by atoms with Gasteiger partial charge in [-0.05, 0) is 36.4 Å². The first kappa shape index (κ1) is 22.6. The molecule has 2 aromatic heterocycles. The molecular weight excluding hydrogens is 470 g/mol. The highest BCUT2D eigenvalue weighted by atomic mass is 32.2. The molecule has 0 atom stereocenters. The highest BCUT2D eigenvalue weighted by molar-refractivity contribution is 7.91. The molecule has 1 aliphatic rings. The van der Waals surface area contributed by atoms with Crippen molar-refractivity contribution >= 4 is 49.7 Å². The second-order valence-corrected chi connectivity index (χ2v) is 11.2. The van der Waals surface area contributed by atoms with E-state index in [0.717, 1.165) is 5.56 Å². The van der Waals surface area contributed by atoms with Gasteiger partial charge in [-0.3, -0.25) is 4.79 Å². The lowest BCUT2D eigenvalue weighted by Gasteiger charge is -2.29. The number of piperidine rings is 1. The van der Waals surface area contributed by atoms with Crippen LogP contribution in [0.1, 0.15) is 23.2 Å². The SMILES string of the molecule is COC(=O)c1ccc(-c2csc(NC(=O)C3CCN(S(=O)(=O)c4cccs4)CC3)n2)cc1. The predicted octanol–water partition coefficient (Wildman–Crippen LogP) is 3.70. The van der Waals surface area contributed by atoms with Gasteiger partial charge in [-0.2, -0.15) is 4.31 Å². The van der Waals surface area contributed by atoms with Gasteiger partial charge >= 0.3 is 5.97 Å². The maximum absolute atomic E-state index is 12.7. The smallest absolute Gasteiger partial charge is 0.337 e. The van der Waals surface area contributed by atoms with E-state index in [2.05, 4.69) is 10.3 Å². The van der Waals surface area contributed by atoms with Gasteiger partial charge in [-0.15, -0.1) is 22.7 Å². The molecule has 3 heterocycles. The third-order valence-electron chi connectivity index (χ3n) is 5.25.